The van der Waals surface area contributed by atoms with Crippen LogP contribution < -0.4 is 5.32 Å². The molecule has 0 unspecified atom stereocenters. The number of amides is 2. The predicted molar refractivity (Wildman–Crippen MR) is 74.1 cm³/mol. The summed E-state index contributed by atoms with van der Waals surface area (Å²) in [5.41, 5.74) is 0. The number of carboxylic acid groups (broad SMARTS) is 1. The third-order valence-corrected chi connectivity index (χ3v) is 3.85. The Morgan fingerprint density at radius 2 is 1.84 bits per heavy atom. The summed E-state index contributed by atoms with van der Waals surface area (Å²) >= 11 is 0. The standard InChI is InChI=1S/C14H26N2O3/c1-3-5-10-16(4-2)14(19)15-12-8-6-11(7-9-12)13(17)18/h11-12H,3-10H2,1-2H3,(H,15,19)(H,17,18). The van der Waals surface area contributed by atoms with Crippen LogP contribution in [0.15, 0.2) is 0 Å². The summed E-state index contributed by atoms with van der Waals surface area (Å²) in [7, 11) is 0. The largest absolute Gasteiger partial charge is 0.481 e. The van der Waals surface area contributed by atoms with Crippen molar-refractivity contribution in [1.29, 1.82) is 0 Å². The Balaban J connectivity index is 2.34. The number of urea groups is 1. The summed E-state index contributed by atoms with van der Waals surface area (Å²) in [5.74, 6) is -0.932. The van der Waals surface area contributed by atoms with Crippen LogP contribution in [0, 0.1) is 5.92 Å². The molecule has 1 rings (SSSR count). The molecular weight excluding hydrogens is 244 g/mol. The van der Waals surface area contributed by atoms with E-state index >= 15 is 0 Å². The van der Waals surface area contributed by atoms with Crippen molar-refractivity contribution in [3.8, 4) is 0 Å². The molecule has 1 aliphatic carbocycles. The van der Waals surface area contributed by atoms with Crippen LogP contribution in [0.3, 0.4) is 0 Å². The van der Waals surface area contributed by atoms with Crippen molar-refractivity contribution >= 4 is 12.0 Å². The summed E-state index contributed by atoms with van der Waals surface area (Å²) in [6.07, 6.45) is 4.98. The van der Waals surface area contributed by atoms with Crippen LogP contribution in [-0.4, -0.2) is 41.1 Å². The van der Waals surface area contributed by atoms with E-state index in [-0.39, 0.29) is 18.0 Å². The number of carbonyl (C=O) groups excluding carboxylic acids is 1. The Morgan fingerprint density at radius 1 is 1.21 bits per heavy atom. The second kappa shape index (κ2) is 8.02. The van der Waals surface area contributed by atoms with Crippen molar-refractivity contribution < 1.29 is 14.7 Å². The van der Waals surface area contributed by atoms with E-state index in [1.54, 1.807) is 0 Å². The Kier molecular flexibility index (Phi) is 6.67. The lowest BCUT2D eigenvalue weighted by Crippen LogP contribution is -2.46. The van der Waals surface area contributed by atoms with Gasteiger partial charge in [0.15, 0.2) is 0 Å². The maximum atomic E-state index is 12.1. The molecule has 0 aromatic heterocycles. The monoisotopic (exact) mass is 270 g/mol. The summed E-state index contributed by atoms with van der Waals surface area (Å²) < 4.78 is 0. The smallest absolute Gasteiger partial charge is 0.317 e. The van der Waals surface area contributed by atoms with Crippen LogP contribution in [0.1, 0.15) is 52.4 Å². The number of nitrogens with zero attached hydrogens (tertiary/aromatic N) is 1. The number of hydrogen-bond donors (Lipinski definition) is 2. The zero-order valence-electron chi connectivity index (χ0n) is 12.0. The molecule has 0 bridgehead atoms. The summed E-state index contributed by atoms with van der Waals surface area (Å²) in [4.78, 5) is 24.7. The first-order valence-electron chi connectivity index (χ1n) is 7.36. The van der Waals surface area contributed by atoms with Crippen molar-refractivity contribution in [2.75, 3.05) is 13.1 Å². The SMILES string of the molecule is CCCCN(CC)C(=O)NC1CCC(C(=O)O)CC1. The fourth-order valence-corrected chi connectivity index (χ4v) is 2.50. The minimum absolute atomic E-state index is 0.00488. The molecule has 0 saturated heterocycles. The number of aliphatic carboxylic acids is 1. The number of hydrogen-bond acceptors (Lipinski definition) is 2. The van der Waals surface area contributed by atoms with Gasteiger partial charge in [-0.1, -0.05) is 13.3 Å². The van der Waals surface area contributed by atoms with E-state index in [1.165, 1.54) is 0 Å². The highest BCUT2D eigenvalue weighted by atomic mass is 16.4. The first kappa shape index (κ1) is 15.8. The lowest BCUT2D eigenvalue weighted by atomic mass is 9.86. The van der Waals surface area contributed by atoms with E-state index in [1.807, 2.05) is 11.8 Å². The van der Waals surface area contributed by atoms with Crippen molar-refractivity contribution in [3.05, 3.63) is 0 Å². The van der Waals surface area contributed by atoms with E-state index in [0.29, 0.717) is 12.8 Å². The van der Waals surface area contributed by atoms with Gasteiger partial charge in [0, 0.05) is 19.1 Å². The molecule has 19 heavy (non-hydrogen) atoms. The molecule has 0 aliphatic heterocycles. The van der Waals surface area contributed by atoms with Gasteiger partial charge in [0.25, 0.3) is 0 Å². The lowest BCUT2D eigenvalue weighted by Gasteiger charge is -2.29. The van der Waals surface area contributed by atoms with Gasteiger partial charge in [-0.25, -0.2) is 4.79 Å². The molecule has 0 aromatic rings. The van der Waals surface area contributed by atoms with Gasteiger partial charge in [-0.15, -0.1) is 0 Å². The van der Waals surface area contributed by atoms with Gasteiger partial charge in [-0.2, -0.15) is 0 Å². The second-order valence-corrected chi connectivity index (χ2v) is 5.27. The quantitative estimate of drug-likeness (QED) is 0.779. The van der Waals surface area contributed by atoms with Crippen LogP contribution in [-0.2, 0) is 4.79 Å². The number of nitrogens with one attached hydrogen (secondary N) is 1. The topological polar surface area (TPSA) is 69.6 Å². The van der Waals surface area contributed by atoms with Crippen molar-refractivity contribution in [3.63, 3.8) is 0 Å². The van der Waals surface area contributed by atoms with Gasteiger partial charge >= 0.3 is 12.0 Å². The molecule has 5 heteroatoms. The fraction of sp³-hybridized carbons (Fsp3) is 0.857. The van der Waals surface area contributed by atoms with Gasteiger partial charge in [0.2, 0.25) is 0 Å². The number of carboxylic acids is 1. The van der Waals surface area contributed by atoms with E-state index in [9.17, 15) is 9.59 Å². The highest BCUT2D eigenvalue weighted by Gasteiger charge is 2.27. The van der Waals surface area contributed by atoms with Crippen LogP contribution in [0.5, 0.6) is 0 Å². The van der Waals surface area contributed by atoms with E-state index in [4.69, 9.17) is 5.11 Å². The number of carbonyl (C=O) groups is 2. The Bertz CT molecular complexity index is 299. The molecule has 1 saturated carbocycles. The molecular formula is C14H26N2O3. The Morgan fingerprint density at radius 3 is 2.32 bits per heavy atom. The van der Waals surface area contributed by atoms with Crippen LogP contribution >= 0.6 is 0 Å². The van der Waals surface area contributed by atoms with E-state index in [2.05, 4.69) is 12.2 Å². The molecule has 5 nitrogen and oxygen atoms in total. The molecule has 110 valence electrons. The van der Waals surface area contributed by atoms with Gasteiger partial charge in [0.05, 0.1) is 5.92 Å². The Hall–Kier alpha value is -1.26. The minimum Gasteiger partial charge on any atom is -0.481 e. The maximum absolute atomic E-state index is 12.1. The molecule has 0 heterocycles. The van der Waals surface area contributed by atoms with Crippen LogP contribution in [0.4, 0.5) is 4.79 Å². The predicted octanol–water partition coefficient (Wildman–Crippen LogP) is 2.46. The summed E-state index contributed by atoms with van der Waals surface area (Å²) in [6, 6.07) is 0.133. The molecule has 0 radical (unpaired) electrons. The second-order valence-electron chi connectivity index (χ2n) is 5.27. The average Bonchev–Trinajstić information content (AvgIpc) is 2.40. The van der Waals surface area contributed by atoms with Gasteiger partial charge in [-0.05, 0) is 39.0 Å². The summed E-state index contributed by atoms with van der Waals surface area (Å²) in [5, 5.41) is 12.0. The van der Waals surface area contributed by atoms with E-state index < -0.39 is 5.97 Å². The van der Waals surface area contributed by atoms with Crippen molar-refractivity contribution in [2.45, 2.75) is 58.4 Å². The fourth-order valence-electron chi connectivity index (χ4n) is 2.50. The average molecular weight is 270 g/mol. The highest BCUT2D eigenvalue weighted by Crippen LogP contribution is 2.24. The molecule has 1 fully saturated rings. The molecule has 0 atom stereocenters. The van der Waals surface area contributed by atoms with Crippen molar-refractivity contribution in [2.24, 2.45) is 5.92 Å². The molecule has 0 aromatic carbocycles. The van der Waals surface area contributed by atoms with E-state index in [0.717, 1.165) is 38.8 Å². The maximum Gasteiger partial charge on any atom is 0.317 e. The van der Waals surface area contributed by atoms with Gasteiger partial charge in [-0.3, -0.25) is 4.79 Å². The highest BCUT2D eigenvalue weighted by molar-refractivity contribution is 5.74. The molecule has 2 amide bonds. The zero-order valence-corrected chi connectivity index (χ0v) is 12.0. The summed E-state index contributed by atoms with van der Waals surface area (Å²) in [6.45, 7) is 5.61. The zero-order chi connectivity index (χ0) is 14.3. The van der Waals surface area contributed by atoms with Crippen LogP contribution in [0.2, 0.25) is 0 Å². The third-order valence-electron chi connectivity index (χ3n) is 3.85. The number of unbranched alkanes of at least 4 members (excludes halogenated alkanes) is 1. The minimum atomic E-state index is -0.706. The molecule has 2 N–H and O–H groups in total. The van der Waals surface area contributed by atoms with Crippen LogP contribution in [0.25, 0.3) is 0 Å². The normalized spacial score (nSPS) is 22.8. The molecule has 0 spiro atoms. The third kappa shape index (κ3) is 5.09. The number of rotatable bonds is 6. The first-order valence-corrected chi connectivity index (χ1v) is 7.36. The first-order chi connectivity index (χ1) is 9.08. The Labute approximate surface area is 115 Å². The van der Waals surface area contributed by atoms with Gasteiger partial charge < -0.3 is 15.3 Å². The molecule has 1 aliphatic rings. The van der Waals surface area contributed by atoms with Crippen molar-refractivity contribution in [1.82, 2.24) is 10.2 Å². The lowest BCUT2D eigenvalue weighted by molar-refractivity contribution is -0.142. The van der Waals surface area contributed by atoms with Gasteiger partial charge in [0.1, 0.15) is 0 Å².